The summed E-state index contributed by atoms with van der Waals surface area (Å²) in [4.78, 5) is 24.0. The van der Waals surface area contributed by atoms with Crippen LogP contribution in [0.25, 0.3) is 11.3 Å². The van der Waals surface area contributed by atoms with Crippen molar-refractivity contribution in [2.45, 2.75) is 20.3 Å². The molecule has 7 heteroatoms. The molecule has 0 aliphatic rings. The Balaban J connectivity index is 2.40. The van der Waals surface area contributed by atoms with Gasteiger partial charge in [0.15, 0.2) is 0 Å². The molecule has 22 heavy (non-hydrogen) atoms. The summed E-state index contributed by atoms with van der Waals surface area (Å²) in [7, 11) is 0. The minimum Gasteiger partial charge on any atom is -0.462 e. The van der Waals surface area contributed by atoms with E-state index in [9.17, 15) is 9.59 Å². The quantitative estimate of drug-likeness (QED) is 0.635. The molecule has 0 spiro atoms. The van der Waals surface area contributed by atoms with Gasteiger partial charge in [-0.25, -0.2) is 4.79 Å². The Hall–Kier alpha value is -1.79. The number of carbonyl (C=O) groups is 2. The number of halogens is 1. The topological polar surface area (TPSA) is 68.5 Å². The molecule has 0 unspecified atom stereocenters. The predicted molar refractivity (Wildman–Crippen MR) is 86.7 cm³/mol. The highest BCUT2D eigenvalue weighted by Crippen LogP contribution is 2.37. The largest absolute Gasteiger partial charge is 0.462 e. The summed E-state index contributed by atoms with van der Waals surface area (Å²) in [6, 6.07) is 3.60. The number of anilines is 1. The van der Waals surface area contributed by atoms with Gasteiger partial charge in [0.05, 0.1) is 6.61 Å². The van der Waals surface area contributed by atoms with Crippen molar-refractivity contribution in [3.8, 4) is 11.3 Å². The Morgan fingerprint density at radius 2 is 2.18 bits per heavy atom. The summed E-state index contributed by atoms with van der Waals surface area (Å²) in [6.07, 6.45) is 0.177. The maximum atomic E-state index is 12.2. The first-order chi connectivity index (χ1) is 10.6. The van der Waals surface area contributed by atoms with Gasteiger partial charge >= 0.3 is 5.97 Å². The summed E-state index contributed by atoms with van der Waals surface area (Å²) in [6.45, 7) is 3.80. The number of esters is 1. The van der Waals surface area contributed by atoms with E-state index >= 15 is 0 Å². The zero-order valence-corrected chi connectivity index (χ0v) is 13.8. The second-order valence-electron chi connectivity index (χ2n) is 4.47. The predicted octanol–water partition coefficient (Wildman–Crippen LogP) is 4.06. The molecule has 0 saturated carbocycles. The number of ether oxygens (including phenoxy) is 1. The van der Waals surface area contributed by atoms with Crippen molar-refractivity contribution in [3.05, 3.63) is 28.8 Å². The van der Waals surface area contributed by atoms with Crippen LogP contribution in [0.2, 0.25) is 0 Å². The first-order valence-electron chi connectivity index (χ1n) is 6.78. The number of hydrogen-bond acceptors (Lipinski definition) is 5. The van der Waals surface area contributed by atoms with E-state index in [1.165, 1.54) is 11.3 Å². The van der Waals surface area contributed by atoms with E-state index in [1.807, 2.05) is 13.0 Å². The molecule has 118 valence electrons. The van der Waals surface area contributed by atoms with Crippen LogP contribution in [-0.2, 0) is 9.53 Å². The fraction of sp³-hybridized carbons (Fsp3) is 0.333. The molecule has 2 aromatic heterocycles. The third-order valence-electron chi connectivity index (χ3n) is 2.85. The van der Waals surface area contributed by atoms with Crippen LogP contribution >= 0.6 is 22.9 Å². The summed E-state index contributed by atoms with van der Waals surface area (Å²) in [5.74, 6) is 0.785. The average molecular weight is 342 g/mol. The number of rotatable bonds is 6. The smallest absolute Gasteiger partial charge is 0.341 e. The van der Waals surface area contributed by atoms with Crippen molar-refractivity contribution in [2.75, 3.05) is 17.8 Å². The Bertz CT molecular complexity index is 677. The van der Waals surface area contributed by atoms with Gasteiger partial charge in [-0.05, 0) is 26.0 Å². The molecular formula is C15H16ClNO4S. The van der Waals surface area contributed by atoms with Gasteiger partial charge in [0.2, 0.25) is 5.91 Å². The molecule has 0 radical (unpaired) electrons. The molecule has 5 nitrogen and oxygen atoms in total. The molecular weight excluding hydrogens is 326 g/mol. The molecule has 1 N–H and O–H groups in total. The molecule has 2 rings (SSSR count). The van der Waals surface area contributed by atoms with E-state index in [-0.39, 0.29) is 24.8 Å². The van der Waals surface area contributed by atoms with E-state index in [0.29, 0.717) is 21.9 Å². The maximum Gasteiger partial charge on any atom is 0.341 e. The molecule has 0 atom stereocenters. The zero-order valence-electron chi connectivity index (χ0n) is 12.3. The summed E-state index contributed by atoms with van der Waals surface area (Å²) in [5.41, 5.74) is 0.918. The van der Waals surface area contributed by atoms with Crippen molar-refractivity contribution in [1.82, 2.24) is 0 Å². The van der Waals surface area contributed by atoms with Crippen molar-refractivity contribution < 1.29 is 18.7 Å². The van der Waals surface area contributed by atoms with Crippen LogP contribution in [0, 0.1) is 6.92 Å². The van der Waals surface area contributed by atoms with Crippen molar-refractivity contribution in [3.63, 3.8) is 0 Å². The third kappa shape index (κ3) is 3.69. The van der Waals surface area contributed by atoms with E-state index < -0.39 is 5.97 Å². The molecule has 0 aliphatic carbocycles. The number of hydrogen-bond donors (Lipinski definition) is 1. The van der Waals surface area contributed by atoms with Gasteiger partial charge < -0.3 is 14.5 Å². The normalized spacial score (nSPS) is 10.5. The van der Waals surface area contributed by atoms with Crippen LogP contribution < -0.4 is 5.32 Å². The summed E-state index contributed by atoms with van der Waals surface area (Å²) in [5, 5.41) is 4.91. The Morgan fingerprint density at radius 3 is 2.77 bits per heavy atom. The number of alkyl halides is 1. The highest BCUT2D eigenvalue weighted by Gasteiger charge is 2.24. The second-order valence-corrected chi connectivity index (χ2v) is 5.73. The number of amides is 1. The van der Waals surface area contributed by atoms with Gasteiger partial charge in [0, 0.05) is 23.2 Å². The fourth-order valence-corrected chi connectivity index (χ4v) is 3.02. The Kier molecular flexibility index (Phi) is 5.63. The lowest BCUT2D eigenvalue weighted by Gasteiger charge is -2.07. The first kappa shape index (κ1) is 16.6. The lowest BCUT2D eigenvalue weighted by Crippen LogP contribution is -2.14. The molecule has 0 saturated heterocycles. The number of carbonyl (C=O) groups excluding carboxylic acids is 2. The van der Waals surface area contributed by atoms with E-state index in [1.54, 1.807) is 18.4 Å². The molecule has 0 aromatic carbocycles. The number of furan rings is 1. The molecule has 0 bridgehead atoms. The van der Waals surface area contributed by atoms with Gasteiger partial charge in [-0.3, -0.25) is 4.79 Å². The number of nitrogens with one attached hydrogen (secondary N) is 1. The van der Waals surface area contributed by atoms with Gasteiger partial charge in [0.25, 0.3) is 0 Å². The lowest BCUT2D eigenvalue weighted by atomic mass is 10.1. The molecule has 0 fully saturated rings. The first-order valence-corrected chi connectivity index (χ1v) is 8.19. The molecule has 0 aliphatic heterocycles. The van der Waals surface area contributed by atoms with E-state index in [2.05, 4.69) is 5.32 Å². The molecule has 1 amide bonds. The van der Waals surface area contributed by atoms with Crippen molar-refractivity contribution in [2.24, 2.45) is 0 Å². The highest BCUT2D eigenvalue weighted by atomic mass is 35.5. The second kappa shape index (κ2) is 7.47. The summed E-state index contributed by atoms with van der Waals surface area (Å²) < 4.78 is 10.7. The van der Waals surface area contributed by atoms with Crippen molar-refractivity contribution >= 4 is 39.8 Å². The Labute approximate surface area is 137 Å². The van der Waals surface area contributed by atoms with Crippen LogP contribution in [0.15, 0.2) is 21.9 Å². The van der Waals surface area contributed by atoms with E-state index in [0.717, 1.165) is 5.76 Å². The van der Waals surface area contributed by atoms with Gasteiger partial charge in [0.1, 0.15) is 22.1 Å². The summed E-state index contributed by atoms with van der Waals surface area (Å²) >= 11 is 6.81. The van der Waals surface area contributed by atoms with E-state index in [4.69, 9.17) is 20.8 Å². The Morgan fingerprint density at radius 1 is 1.41 bits per heavy atom. The molecule has 2 aromatic rings. The number of thiophene rings is 1. The average Bonchev–Trinajstić information content (AvgIpc) is 3.05. The fourth-order valence-electron chi connectivity index (χ4n) is 1.89. The van der Waals surface area contributed by atoms with Crippen LogP contribution in [0.5, 0.6) is 0 Å². The monoisotopic (exact) mass is 341 g/mol. The van der Waals surface area contributed by atoms with Gasteiger partial charge in [-0.2, -0.15) is 0 Å². The molecule has 2 heterocycles. The zero-order chi connectivity index (χ0) is 16.1. The van der Waals surface area contributed by atoms with Crippen LogP contribution in [0.1, 0.15) is 29.5 Å². The van der Waals surface area contributed by atoms with Gasteiger partial charge in [-0.1, -0.05) is 0 Å². The van der Waals surface area contributed by atoms with Crippen molar-refractivity contribution in [1.29, 1.82) is 0 Å². The third-order valence-corrected chi connectivity index (χ3v) is 3.94. The van der Waals surface area contributed by atoms with Crippen LogP contribution in [0.4, 0.5) is 5.00 Å². The number of aryl methyl sites for hydroxylation is 1. The minimum atomic E-state index is -0.492. The minimum absolute atomic E-state index is 0.177. The van der Waals surface area contributed by atoms with Gasteiger partial charge in [-0.15, -0.1) is 22.9 Å². The lowest BCUT2D eigenvalue weighted by molar-refractivity contribution is -0.115. The van der Waals surface area contributed by atoms with Crippen LogP contribution in [0.3, 0.4) is 0 Å². The SMILES string of the molecule is CCOC(=O)c1c(-c2ccc(C)o2)csc1NC(=O)CCCl. The maximum absolute atomic E-state index is 12.2. The van der Waals surface area contributed by atoms with Crippen LogP contribution in [-0.4, -0.2) is 24.4 Å². The highest BCUT2D eigenvalue weighted by molar-refractivity contribution is 7.15. The standard InChI is InChI=1S/C15H16ClNO4S/c1-3-20-15(19)13-10(11-5-4-9(2)21-11)8-22-14(13)17-12(18)6-7-16/h4-5,8H,3,6-7H2,1-2H3,(H,17,18).